The van der Waals surface area contributed by atoms with E-state index in [0.717, 1.165) is 30.2 Å². The van der Waals surface area contributed by atoms with Crippen LogP contribution < -0.4 is 10.2 Å². The average molecular weight is 314 g/mol. The molecule has 0 aromatic carbocycles. The lowest BCUT2D eigenvalue weighted by Gasteiger charge is -2.17. The first-order valence-corrected chi connectivity index (χ1v) is 8.02. The summed E-state index contributed by atoms with van der Waals surface area (Å²) in [6.07, 6.45) is 2.51. The molecule has 6 heteroatoms. The van der Waals surface area contributed by atoms with Crippen molar-refractivity contribution in [3.63, 3.8) is 0 Å². The van der Waals surface area contributed by atoms with Crippen LogP contribution in [-0.4, -0.2) is 29.1 Å². The molecule has 0 spiro atoms. The van der Waals surface area contributed by atoms with Crippen molar-refractivity contribution in [1.29, 1.82) is 0 Å². The van der Waals surface area contributed by atoms with Crippen molar-refractivity contribution in [1.82, 2.24) is 10.1 Å². The molecule has 122 valence electrons. The maximum absolute atomic E-state index is 12.7. The van der Waals surface area contributed by atoms with Crippen LogP contribution in [0.4, 0.5) is 11.5 Å². The van der Waals surface area contributed by atoms with Gasteiger partial charge in [-0.05, 0) is 31.4 Å². The third-order valence-electron chi connectivity index (χ3n) is 4.44. The van der Waals surface area contributed by atoms with Gasteiger partial charge in [0, 0.05) is 19.3 Å². The maximum atomic E-state index is 12.7. The zero-order chi connectivity index (χ0) is 16.4. The Balaban J connectivity index is 1.72. The Morgan fingerprint density at radius 1 is 1.43 bits per heavy atom. The van der Waals surface area contributed by atoms with Gasteiger partial charge in [0.05, 0.1) is 5.92 Å². The second kappa shape index (κ2) is 6.40. The number of nitrogens with one attached hydrogen (secondary N) is 1. The lowest BCUT2D eigenvalue weighted by molar-refractivity contribution is -0.120. The van der Waals surface area contributed by atoms with Gasteiger partial charge in [-0.25, -0.2) is 4.98 Å². The third-order valence-corrected chi connectivity index (χ3v) is 4.44. The number of carbonyl (C=O) groups is 1. The average Bonchev–Trinajstić information content (AvgIpc) is 3.12. The van der Waals surface area contributed by atoms with Gasteiger partial charge in [0.15, 0.2) is 5.76 Å². The van der Waals surface area contributed by atoms with Gasteiger partial charge >= 0.3 is 0 Å². The fourth-order valence-electron chi connectivity index (χ4n) is 3.07. The Hall–Kier alpha value is -2.37. The van der Waals surface area contributed by atoms with Crippen LogP contribution in [0.25, 0.3) is 0 Å². The number of amides is 1. The molecule has 23 heavy (non-hydrogen) atoms. The van der Waals surface area contributed by atoms with Gasteiger partial charge < -0.3 is 14.7 Å². The Morgan fingerprint density at radius 2 is 2.26 bits per heavy atom. The number of pyridine rings is 1. The van der Waals surface area contributed by atoms with Crippen molar-refractivity contribution < 1.29 is 9.32 Å². The van der Waals surface area contributed by atoms with Gasteiger partial charge in [-0.3, -0.25) is 4.79 Å². The zero-order valence-corrected chi connectivity index (χ0v) is 13.7. The third kappa shape index (κ3) is 3.06. The van der Waals surface area contributed by atoms with Crippen molar-refractivity contribution in [2.75, 3.05) is 23.3 Å². The highest BCUT2D eigenvalue weighted by Gasteiger charge is 2.36. The number of aryl methyl sites for hydroxylation is 2. The molecular weight excluding hydrogens is 292 g/mol. The van der Waals surface area contributed by atoms with Crippen molar-refractivity contribution in [3.05, 3.63) is 35.9 Å². The van der Waals surface area contributed by atoms with E-state index in [-0.39, 0.29) is 17.7 Å². The topological polar surface area (TPSA) is 71.3 Å². The predicted molar refractivity (Wildman–Crippen MR) is 88.4 cm³/mol. The van der Waals surface area contributed by atoms with Crippen LogP contribution in [-0.2, 0) is 11.2 Å². The summed E-state index contributed by atoms with van der Waals surface area (Å²) >= 11 is 0. The molecule has 6 nitrogen and oxygen atoms in total. The minimum Gasteiger partial charge on any atom is -0.359 e. The van der Waals surface area contributed by atoms with Gasteiger partial charge in [-0.1, -0.05) is 25.1 Å². The fourth-order valence-corrected chi connectivity index (χ4v) is 3.07. The molecule has 3 heterocycles. The predicted octanol–water partition coefficient (Wildman–Crippen LogP) is 2.65. The molecule has 2 aromatic rings. The molecule has 1 aliphatic rings. The van der Waals surface area contributed by atoms with E-state index in [2.05, 4.69) is 27.3 Å². The molecule has 1 amide bonds. The van der Waals surface area contributed by atoms with E-state index in [1.807, 2.05) is 32.0 Å². The first-order valence-electron chi connectivity index (χ1n) is 8.02. The molecule has 0 radical (unpaired) electrons. The summed E-state index contributed by atoms with van der Waals surface area (Å²) in [6, 6.07) is 5.84. The first-order chi connectivity index (χ1) is 11.1. The van der Waals surface area contributed by atoms with Crippen LogP contribution in [0.1, 0.15) is 25.3 Å². The molecule has 0 saturated carbocycles. The largest absolute Gasteiger partial charge is 0.359 e. The quantitative estimate of drug-likeness (QED) is 0.939. The number of hydrogen-bond donors (Lipinski definition) is 1. The first kappa shape index (κ1) is 15.5. The minimum absolute atomic E-state index is 0.0249. The Bertz CT molecular complexity index is 683. The van der Waals surface area contributed by atoms with Gasteiger partial charge in [0.25, 0.3) is 0 Å². The summed E-state index contributed by atoms with van der Waals surface area (Å²) < 4.78 is 5.18. The number of hydrogen-bond acceptors (Lipinski definition) is 5. The second-order valence-electron chi connectivity index (χ2n) is 6.08. The fraction of sp³-hybridized carbons (Fsp3) is 0.471. The van der Waals surface area contributed by atoms with Crippen molar-refractivity contribution >= 4 is 17.4 Å². The summed E-state index contributed by atoms with van der Waals surface area (Å²) in [5.74, 6) is 1.79. The molecule has 1 fully saturated rings. The van der Waals surface area contributed by atoms with Crippen molar-refractivity contribution in [3.8, 4) is 0 Å². The van der Waals surface area contributed by atoms with Gasteiger partial charge in [-0.2, -0.15) is 0 Å². The van der Waals surface area contributed by atoms with Crippen molar-refractivity contribution in [2.24, 2.45) is 11.8 Å². The summed E-state index contributed by atoms with van der Waals surface area (Å²) in [5.41, 5.74) is 1.52. The highest BCUT2D eigenvalue weighted by atomic mass is 16.5. The van der Waals surface area contributed by atoms with E-state index in [9.17, 15) is 4.79 Å². The summed E-state index contributed by atoms with van der Waals surface area (Å²) in [5, 5.41) is 7.00. The molecule has 0 unspecified atom stereocenters. The molecule has 2 aromatic heterocycles. The van der Waals surface area contributed by atoms with Crippen LogP contribution in [0.5, 0.6) is 0 Å². The lowest BCUT2D eigenvalue weighted by atomic mass is 9.97. The highest BCUT2D eigenvalue weighted by Crippen LogP contribution is 2.29. The smallest absolute Gasteiger partial charge is 0.229 e. The van der Waals surface area contributed by atoms with E-state index in [1.165, 1.54) is 0 Å². The standard InChI is InChI=1S/C17H22N4O2/c1-4-14-16(12(3)23-20-14)19-17(22)13-10-21(9-11(13)2)15-7-5-6-8-18-15/h5-8,11,13H,4,9-10H2,1-3H3,(H,19,22)/t11-,13-/m1/s1. The van der Waals surface area contributed by atoms with E-state index < -0.39 is 0 Å². The lowest BCUT2D eigenvalue weighted by Crippen LogP contribution is -2.29. The van der Waals surface area contributed by atoms with Gasteiger partial charge in [0.1, 0.15) is 17.2 Å². The number of rotatable bonds is 4. The SMILES string of the molecule is CCc1noc(C)c1NC(=O)[C@@H]1CN(c2ccccn2)C[C@H]1C. The Kier molecular flexibility index (Phi) is 4.32. The van der Waals surface area contributed by atoms with Crippen LogP contribution in [0.15, 0.2) is 28.9 Å². The summed E-state index contributed by atoms with van der Waals surface area (Å²) in [4.78, 5) is 19.2. The molecular formula is C17H22N4O2. The maximum Gasteiger partial charge on any atom is 0.229 e. The van der Waals surface area contributed by atoms with E-state index in [0.29, 0.717) is 12.3 Å². The summed E-state index contributed by atoms with van der Waals surface area (Å²) in [7, 11) is 0. The Labute approximate surface area is 135 Å². The Morgan fingerprint density at radius 3 is 2.96 bits per heavy atom. The molecule has 0 bridgehead atoms. The normalized spacial score (nSPS) is 20.7. The molecule has 1 aliphatic heterocycles. The summed E-state index contributed by atoms with van der Waals surface area (Å²) in [6.45, 7) is 7.43. The number of anilines is 2. The molecule has 2 atom stereocenters. The zero-order valence-electron chi connectivity index (χ0n) is 13.7. The van der Waals surface area contributed by atoms with Gasteiger partial charge in [-0.15, -0.1) is 0 Å². The molecule has 1 saturated heterocycles. The number of nitrogens with zero attached hydrogens (tertiary/aromatic N) is 3. The second-order valence-corrected chi connectivity index (χ2v) is 6.08. The van der Waals surface area contributed by atoms with Crippen LogP contribution in [0.3, 0.4) is 0 Å². The molecule has 1 N–H and O–H groups in total. The van der Waals surface area contributed by atoms with Crippen LogP contribution in [0.2, 0.25) is 0 Å². The van der Waals surface area contributed by atoms with Crippen LogP contribution >= 0.6 is 0 Å². The van der Waals surface area contributed by atoms with Crippen molar-refractivity contribution in [2.45, 2.75) is 27.2 Å². The molecule has 3 rings (SSSR count). The van der Waals surface area contributed by atoms with Gasteiger partial charge in [0.2, 0.25) is 5.91 Å². The highest BCUT2D eigenvalue weighted by molar-refractivity contribution is 5.94. The van der Waals surface area contributed by atoms with Crippen LogP contribution in [0, 0.1) is 18.8 Å². The minimum atomic E-state index is -0.0731. The van der Waals surface area contributed by atoms with E-state index in [4.69, 9.17) is 4.52 Å². The van der Waals surface area contributed by atoms with E-state index >= 15 is 0 Å². The number of aromatic nitrogens is 2. The monoisotopic (exact) mass is 314 g/mol. The molecule has 0 aliphatic carbocycles. The van der Waals surface area contributed by atoms with E-state index in [1.54, 1.807) is 6.20 Å². The number of carbonyl (C=O) groups excluding carboxylic acids is 1.